The Morgan fingerprint density at radius 3 is 2.81 bits per heavy atom. The van der Waals surface area contributed by atoms with Crippen molar-refractivity contribution >= 4 is 30.6 Å². The highest BCUT2D eigenvalue weighted by Gasteiger charge is 2.08. The molecule has 4 N–H and O–H groups in total. The number of anilines is 1. The Morgan fingerprint density at radius 1 is 1.06 bits per heavy atom. The van der Waals surface area contributed by atoms with Crippen molar-refractivity contribution in [3.63, 3.8) is 0 Å². The normalized spacial score (nSPS) is 12.5. The fraction of sp³-hybridized carbons (Fsp3) is 0.208. The molecule has 2 unspecified atom stereocenters. The monoisotopic (exact) mass is 434 g/mol. The van der Waals surface area contributed by atoms with E-state index in [4.69, 9.17) is 4.74 Å². The number of aromatic nitrogens is 2. The van der Waals surface area contributed by atoms with Crippen LogP contribution in [0.25, 0.3) is 10.9 Å². The first kappa shape index (κ1) is 21.3. The maximum Gasteiger partial charge on any atom is 0.121 e. The molecule has 0 amide bonds. The van der Waals surface area contributed by atoms with Crippen LogP contribution in [0.2, 0.25) is 0 Å². The van der Waals surface area contributed by atoms with Crippen LogP contribution in [0.3, 0.4) is 0 Å². The van der Waals surface area contributed by atoms with Gasteiger partial charge in [0, 0.05) is 44.7 Å². The topological polar surface area (TPSA) is 82.2 Å². The number of nitrogens with one attached hydrogen (secondary N) is 3. The third-order valence-corrected chi connectivity index (χ3v) is 6.03. The van der Waals surface area contributed by atoms with Gasteiger partial charge in [0.2, 0.25) is 0 Å². The first-order valence-corrected chi connectivity index (χ1v) is 11.3. The predicted molar refractivity (Wildman–Crippen MR) is 129 cm³/mol. The first-order valence-electron chi connectivity index (χ1n) is 10.3. The molecular weight excluding hydrogens is 407 g/mol. The van der Waals surface area contributed by atoms with Crippen molar-refractivity contribution in [3.05, 3.63) is 84.1 Å². The average Bonchev–Trinajstić information content (AvgIpc) is 3.18. The molecule has 0 saturated heterocycles. The lowest BCUT2D eigenvalue weighted by Gasteiger charge is -2.14. The van der Waals surface area contributed by atoms with Crippen LogP contribution in [-0.4, -0.2) is 35.0 Å². The standard InChI is InChI=1S/C24H27N4O2P/c1-17-22-11-10-20(15-23(22)27-26-17)30-13-12-25-16-24(29)18-6-5-7-19(14-18)28-31-21-8-3-2-4-9-21/h2-11,14-15,24-25,28-29,31H,12-13,16H2,1H3,(H,26,27). The summed E-state index contributed by atoms with van der Waals surface area (Å²) in [5, 5.41) is 26.8. The minimum Gasteiger partial charge on any atom is -0.492 e. The summed E-state index contributed by atoms with van der Waals surface area (Å²) >= 11 is 0. The number of rotatable bonds is 10. The molecule has 1 aromatic heterocycles. The number of hydrogen-bond donors (Lipinski definition) is 4. The number of aliphatic hydroxyl groups excluding tert-OH is 1. The van der Waals surface area contributed by atoms with E-state index in [1.165, 1.54) is 5.30 Å². The molecule has 7 heteroatoms. The van der Waals surface area contributed by atoms with E-state index in [-0.39, 0.29) is 0 Å². The first-order chi connectivity index (χ1) is 15.2. The van der Waals surface area contributed by atoms with E-state index in [2.05, 4.69) is 32.7 Å². The Morgan fingerprint density at radius 2 is 1.94 bits per heavy atom. The zero-order chi connectivity index (χ0) is 21.5. The molecule has 0 aliphatic carbocycles. The van der Waals surface area contributed by atoms with Gasteiger partial charge in [-0.3, -0.25) is 5.10 Å². The van der Waals surface area contributed by atoms with Crippen LogP contribution in [0.5, 0.6) is 5.75 Å². The summed E-state index contributed by atoms with van der Waals surface area (Å²) in [5.41, 5.74) is 3.85. The molecular formula is C24H27N4O2P. The van der Waals surface area contributed by atoms with E-state index >= 15 is 0 Å². The van der Waals surface area contributed by atoms with Crippen LogP contribution < -0.4 is 20.4 Å². The minimum absolute atomic E-state index is 0.464. The van der Waals surface area contributed by atoms with Gasteiger partial charge < -0.3 is 20.2 Å². The molecule has 2 atom stereocenters. The van der Waals surface area contributed by atoms with E-state index < -0.39 is 6.10 Å². The van der Waals surface area contributed by atoms with Gasteiger partial charge >= 0.3 is 0 Å². The highest BCUT2D eigenvalue weighted by Crippen LogP contribution is 2.22. The Kier molecular flexibility index (Phi) is 7.15. The van der Waals surface area contributed by atoms with Crippen molar-refractivity contribution in [1.82, 2.24) is 15.5 Å². The van der Waals surface area contributed by atoms with E-state index in [0.717, 1.165) is 33.6 Å². The molecule has 0 fully saturated rings. The summed E-state index contributed by atoms with van der Waals surface area (Å²) in [5.74, 6) is 0.791. The fourth-order valence-corrected chi connectivity index (χ4v) is 4.11. The fourth-order valence-electron chi connectivity index (χ4n) is 3.30. The zero-order valence-corrected chi connectivity index (χ0v) is 18.4. The molecule has 0 aliphatic heterocycles. The third kappa shape index (κ3) is 5.82. The number of aliphatic hydroxyl groups is 1. The molecule has 4 aromatic rings. The lowest BCUT2D eigenvalue weighted by molar-refractivity contribution is 0.172. The van der Waals surface area contributed by atoms with Gasteiger partial charge in [0.05, 0.1) is 11.6 Å². The summed E-state index contributed by atoms with van der Waals surface area (Å²) in [7, 11) is 0.483. The van der Waals surface area contributed by atoms with Crippen LogP contribution in [0.1, 0.15) is 17.4 Å². The Balaban J connectivity index is 1.20. The number of benzene rings is 3. The molecule has 31 heavy (non-hydrogen) atoms. The van der Waals surface area contributed by atoms with Crippen molar-refractivity contribution in [2.75, 3.05) is 24.8 Å². The molecule has 160 valence electrons. The largest absolute Gasteiger partial charge is 0.492 e. The number of nitrogens with zero attached hydrogens (tertiary/aromatic N) is 1. The Bertz CT molecular complexity index is 1120. The molecule has 0 saturated carbocycles. The number of ether oxygens (including phenoxy) is 1. The number of hydrogen-bond acceptors (Lipinski definition) is 5. The predicted octanol–water partition coefficient (Wildman–Crippen LogP) is 3.90. The van der Waals surface area contributed by atoms with Crippen molar-refractivity contribution in [3.8, 4) is 5.75 Å². The van der Waals surface area contributed by atoms with Gasteiger partial charge in [-0.2, -0.15) is 5.10 Å². The summed E-state index contributed by atoms with van der Waals surface area (Å²) in [6.07, 6.45) is -0.579. The van der Waals surface area contributed by atoms with Crippen LogP contribution in [0.4, 0.5) is 5.69 Å². The van der Waals surface area contributed by atoms with Gasteiger partial charge in [-0.1, -0.05) is 42.5 Å². The minimum atomic E-state index is -0.579. The summed E-state index contributed by atoms with van der Waals surface area (Å²) < 4.78 is 5.80. The highest BCUT2D eigenvalue weighted by atomic mass is 31.1. The van der Waals surface area contributed by atoms with Crippen LogP contribution in [0, 0.1) is 6.92 Å². The van der Waals surface area contributed by atoms with Gasteiger partial charge in [-0.15, -0.1) is 0 Å². The average molecular weight is 434 g/mol. The molecule has 4 rings (SSSR count). The number of aromatic amines is 1. The van der Waals surface area contributed by atoms with Crippen molar-refractivity contribution in [2.45, 2.75) is 13.0 Å². The number of aryl methyl sites for hydroxylation is 1. The Labute approximate surface area is 183 Å². The van der Waals surface area contributed by atoms with E-state index in [1.807, 2.05) is 67.6 Å². The van der Waals surface area contributed by atoms with Crippen LogP contribution in [-0.2, 0) is 0 Å². The van der Waals surface area contributed by atoms with E-state index in [9.17, 15) is 5.11 Å². The SMILES string of the molecule is Cc1[nH]nc2cc(OCCNCC(O)c3cccc(NPc4ccccc4)c3)ccc12. The lowest BCUT2D eigenvalue weighted by atomic mass is 10.1. The van der Waals surface area contributed by atoms with Crippen molar-refractivity contribution < 1.29 is 9.84 Å². The van der Waals surface area contributed by atoms with Crippen LogP contribution >= 0.6 is 8.73 Å². The molecule has 3 aromatic carbocycles. The third-order valence-electron chi connectivity index (χ3n) is 5.00. The van der Waals surface area contributed by atoms with Gasteiger partial charge in [0.25, 0.3) is 0 Å². The van der Waals surface area contributed by atoms with Gasteiger partial charge in [-0.05, 0) is 42.1 Å². The smallest absolute Gasteiger partial charge is 0.121 e. The quantitative estimate of drug-likeness (QED) is 0.225. The maximum absolute atomic E-state index is 10.5. The molecule has 6 nitrogen and oxygen atoms in total. The maximum atomic E-state index is 10.5. The molecule has 0 aliphatic rings. The van der Waals surface area contributed by atoms with Gasteiger partial charge in [0.15, 0.2) is 0 Å². The van der Waals surface area contributed by atoms with Crippen molar-refractivity contribution in [2.24, 2.45) is 0 Å². The van der Waals surface area contributed by atoms with Crippen molar-refractivity contribution in [1.29, 1.82) is 0 Å². The summed E-state index contributed by atoms with van der Waals surface area (Å²) in [6.45, 7) is 3.62. The second kappa shape index (κ2) is 10.4. The second-order valence-electron chi connectivity index (χ2n) is 7.34. The number of fused-ring (bicyclic) bond motifs is 1. The van der Waals surface area contributed by atoms with E-state index in [1.54, 1.807) is 0 Å². The number of H-pyrrole nitrogens is 1. The second-order valence-corrected chi connectivity index (χ2v) is 8.41. The Hall–Kier alpha value is -2.92. The van der Waals surface area contributed by atoms with Gasteiger partial charge in [-0.25, -0.2) is 0 Å². The molecule has 0 bridgehead atoms. The van der Waals surface area contributed by atoms with E-state index in [0.29, 0.717) is 28.4 Å². The van der Waals surface area contributed by atoms with Gasteiger partial charge in [0.1, 0.15) is 12.4 Å². The summed E-state index contributed by atoms with van der Waals surface area (Å²) in [6, 6.07) is 24.1. The highest BCUT2D eigenvalue weighted by molar-refractivity contribution is 7.48. The molecule has 1 heterocycles. The van der Waals surface area contributed by atoms with Crippen LogP contribution in [0.15, 0.2) is 72.8 Å². The molecule has 0 spiro atoms. The lowest BCUT2D eigenvalue weighted by Crippen LogP contribution is -2.26. The molecule has 0 radical (unpaired) electrons. The zero-order valence-electron chi connectivity index (χ0n) is 17.4. The summed E-state index contributed by atoms with van der Waals surface area (Å²) in [4.78, 5) is 0.